The van der Waals surface area contributed by atoms with Gasteiger partial charge in [-0.25, -0.2) is 15.0 Å². The van der Waals surface area contributed by atoms with E-state index in [0.29, 0.717) is 13.0 Å². The first-order valence-electron chi connectivity index (χ1n) is 5.78. The summed E-state index contributed by atoms with van der Waals surface area (Å²) >= 11 is 0. The molecule has 1 saturated heterocycles. The molecule has 0 spiro atoms. The van der Waals surface area contributed by atoms with Crippen LogP contribution in [0.15, 0.2) is 19.0 Å². The van der Waals surface area contributed by atoms with Crippen molar-refractivity contribution in [1.82, 2.24) is 15.0 Å². The first-order valence-corrected chi connectivity index (χ1v) is 5.78. The van der Waals surface area contributed by atoms with Gasteiger partial charge in [-0.15, -0.1) is 0 Å². The molecule has 2 heterocycles. The average molecular weight is 251 g/mol. The Bertz CT molecular complexity index is 337. The van der Waals surface area contributed by atoms with Gasteiger partial charge in [0, 0.05) is 12.5 Å². The summed E-state index contributed by atoms with van der Waals surface area (Å²) < 4.78 is 5.22. The molecule has 2 atom stereocenters. The summed E-state index contributed by atoms with van der Waals surface area (Å²) in [6.07, 6.45) is 5.31. The van der Waals surface area contributed by atoms with Crippen molar-refractivity contribution in [3.63, 3.8) is 0 Å². The van der Waals surface area contributed by atoms with E-state index in [4.69, 9.17) is 4.74 Å². The molecule has 1 aromatic rings. The third-order valence-electron chi connectivity index (χ3n) is 2.71. The normalized spacial score (nSPS) is 22.6. The van der Waals surface area contributed by atoms with E-state index in [1.807, 2.05) is 0 Å². The highest BCUT2D eigenvalue weighted by molar-refractivity contribution is 5.83. The summed E-state index contributed by atoms with van der Waals surface area (Å²) in [5.41, 5.74) is 0. The number of aromatic nitrogens is 3. The number of ether oxygens (including phenoxy) is 1. The lowest BCUT2D eigenvalue weighted by Crippen LogP contribution is -2.33. The van der Waals surface area contributed by atoms with Crippen LogP contribution >= 0.6 is 0 Å². The van der Waals surface area contributed by atoms with Gasteiger partial charge in [-0.3, -0.25) is 9.59 Å². The van der Waals surface area contributed by atoms with Gasteiger partial charge < -0.3 is 4.74 Å². The Morgan fingerprint density at radius 3 is 2.00 bits per heavy atom. The summed E-state index contributed by atoms with van der Waals surface area (Å²) in [6, 6.07) is 0. The number of ketones is 2. The van der Waals surface area contributed by atoms with Crippen molar-refractivity contribution in [2.75, 3.05) is 6.61 Å². The summed E-state index contributed by atoms with van der Waals surface area (Å²) in [7, 11) is 0. The van der Waals surface area contributed by atoms with Gasteiger partial charge in [0.15, 0.2) is 5.78 Å². The molecule has 6 nitrogen and oxygen atoms in total. The van der Waals surface area contributed by atoms with Crippen molar-refractivity contribution in [3.8, 4) is 0 Å². The zero-order valence-corrected chi connectivity index (χ0v) is 10.6. The minimum Gasteiger partial charge on any atom is -0.370 e. The van der Waals surface area contributed by atoms with E-state index in [1.165, 1.54) is 25.9 Å². The van der Waals surface area contributed by atoms with E-state index in [0.717, 1.165) is 6.42 Å². The lowest BCUT2D eigenvalue weighted by Gasteiger charge is -2.26. The molecular formula is C12H17N3O3. The second kappa shape index (κ2) is 7.60. The lowest BCUT2D eigenvalue weighted by atomic mass is 9.91. The van der Waals surface area contributed by atoms with Crippen LogP contribution in [0.5, 0.6) is 0 Å². The molecule has 0 radical (unpaired) electrons. The Morgan fingerprint density at radius 1 is 1.06 bits per heavy atom. The maximum Gasteiger partial charge on any atom is 0.158 e. The molecule has 0 bridgehead atoms. The Morgan fingerprint density at radius 2 is 1.61 bits per heavy atom. The third kappa shape index (κ3) is 5.09. The Kier molecular flexibility index (Phi) is 6.07. The smallest absolute Gasteiger partial charge is 0.158 e. The zero-order chi connectivity index (χ0) is 13.4. The number of hydrogen-bond acceptors (Lipinski definition) is 6. The van der Waals surface area contributed by atoms with Gasteiger partial charge in [0.25, 0.3) is 0 Å². The van der Waals surface area contributed by atoms with Crippen LogP contribution in [0.2, 0.25) is 0 Å². The number of carbonyl (C=O) groups excluding carboxylic acids is 2. The number of rotatable bonds is 2. The van der Waals surface area contributed by atoms with Gasteiger partial charge in [0.2, 0.25) is 0 Å². The highest BCUT2D eigenvalue weighted by Crippen LogP contribution is 2.21. The number of carbonyl (C=O) groups is 2. The van der Waals surface area contributed by atoms with Crippen molar-refractivity contribution in [2.45, 2.75) is 32.8 Å². The van der Waals surface area contributed by atoms with E-state index in [2.05, 4.69) is 15.0 Å². The first-order chi connectivity index (χ1) is 8.61. The molecule has 0 amide bonds. The van der Waals surface area contributed by atoms with Gasteiger partial charge in [-0.2, -0.15) is 0 Å². The summed E-state index contributed by atoms with van der Waals surface area (Å²) in [6.45, 7) is 3.62. The predicted octanol–water partition coefficient (Wildman–Crippen LogP) is 0.831. The maximum atomic E-state index is 11.0. The third-order valence-corrected chi connectivity index (χ3v) is 2.71. The van der Waals surface area contributed by atoms with E-state index in [-0.39, 0.29) is 23.6 Å². The topological polar surface area (TPSA) is 82.0 Å². The van der Waals surface area contributed by atoms with Crippen molar-refractivity contribution < 1.29 is 14.3 Å². The molecule has 0 saturated carbocycles. The quantitative estimate of drug-likeness (QED) is 0.774. The van der Waals surface area contributed by atoms with Crippen molar-refractivity contribution in [3.05, 3.63) is 19.0 Å². The summed E-state index contributed by atoms with van der Waals surface area (Å²) in [5.74, 6) is 0.234. The van der Waals surface area contributed by atoms with E-state index in [1.54, 1.807) is 6.92 Å². The fraction of sp³-hybridized carbons (Fsp3) is 0.583. The van der Waals surface area contributed by atoms with Crippen molar-refractivity contribution >= 4 is 11.6 Å². The molecule has 0 N–H and O–H groups in total. The standard InChI is InChI=1S/C9H14O3.C3H3N3/c1-6(10)8-3-4-12-9(5-8)7(2)11;1-4-2-6-3-5-1/h8-9H,3-5H2,1-2H3;1-3H. The molecule has 18 heavy (non-hydrogen) atoms. The summed E-state index contributed by atoms with van der Waals surface area (Å²) in [4.78, 5) is 32.6. The van der Waals surface area contributed by atoms with E-state index < -0.39 is 0 Å². The molecule has 1 aliphatic rings. The van der Waals surface area contributed by atoms with Gasteiger partial charge in [0.05, 0.1) is 0 Å². The largest absolute Gasteiger partial charge is 0.370 e. The molecule has 1 aliphatic heterocycles. The van der Waals surface area contributed by atoms with Crippen LogP contribution in [0.3, 0.4) is 0 Å². The Balaban J connectivity index is 0.000000225. The lowest BCUT2D eigenvalue weighted by molar-refractivity contribution is -0.136. The van der Waals surface area contributed by atoms with Gasteiger partial charge in [-0.1, -0.05) is 0 Å². The molecule has 1 fully saturated rings. The van der Waals surface area contributed by atoms with Crippen LogP contribution in [0, 0.1) is 5.92 Å². The molecule has 1 aromatic heterocycles. The highest BCUT2D eigenvalue weighted by Gasteiger charge is 2.27. The second-order valence-corrected chi connectivity index (χ2v) is 4.10. The van der Waals surface area contributed by atoms with Crippen LogP contribution in [-0.4, -0.2) is 39.2 Å². The Labute approximate surface area is 106 Å². The monoisotopic (exact) mass is 251 g/mol. The van der Waals surface area contributed by atoms with Crippen molar-refractivity contribution in [1.29, 1.82) is 0 Å². The van der Waals surface area contributed by atoms with Crippen LogP contribution < -0.4 is 0 Å². The van der Waals surface area contributed by atoms with Gasteiger partial charge >= 0.3 is 0 Å². The summed E-state index contributed by atoms with van der Waals surface area (Å²) in [5, 5.41) is 0. The molecule has 2 rings (SSSR count). The molecule has 6 heteroatoms. The minimum atomic E-state index is -0.340. The van der Waals surface area contributed by atoms with Crippen molar-refractivity contribution in [2.24, 2.45) is 5.92 Å². The van der Waals surface area contributed by atoms with E-state index in [9.17, 15) is 9.59 Å². The van der Waals surface area contributed by atoms with Gasteiger partial charge in [0.1, 0.15) is 30.9 Å². The van der Waals surface area contributed by atoms with Crippen LogP contribution in [0.4, 0.5) is 0 Å². The fourth-order valence-electron chi connectivity index (χ4n) is 1.65. The first kappa shape index (κ1) is 14.4. The SMILES string of the molecule is CC(=O)C1CCOC(C(C)=O)C1.c1ncncn1. The maximum absolute atomic E-state index is 11.0. The minimum absolute atomic E-state index is 0.0287. The number of Topliss-reactive ketones (excluding diaryl/α,β-unsaturated/α-hetero) is 2. The molecular weight excluding hydrogens is 234 g/mol. The Hall–Kier alpha value is -1.69. The number of hydrogen-bond donors (Lipinski definition) is 0. The second-order valence-electron chi connectivity index (χ2n) is 4.10. The predicted molar refractivity (Wildman–Crippen MR) is 63.7 cm³/mol. The number of nitrogens with zero attached hydrogens (tertiary/aromatic N) is 3. The molecule has 98 valence electrons. The molecule has 0 aliphatic carbocycles. The average Bonchev–Trinajstić information content (AvgIpc) is 2.41. The molecule has 0 aromatic carbocycles. The van der Waals surface area contributed by atoms with E-state index >= 15 is 0 Å². The fourth-order valence-corrected chi connectivity index (χ4v) is 1.65. The zero-order valence-electron chi connectivity index (χ0n) is 10.6. The highest BCUT2D eigenvalue weighted by atomic mass is 16.5. The van der Waals surface area contributed by atoms with Crippen LogP contribution in [0.1, 0.15) is 26.7 Å². The van der Waals surface area contributed by atoms with Gasteiger partial charge in [-0.05, 0) is 26.7 Å². The van der Waals surface area contributed by atoms with Crippen LogP contribution in [-0.2, 0) is 14.3 Å². The van der Waals surface area contributed by atoms with Crippen LogP contribution in [0.25, 0.3) is 0 Å². The molecule has 2 unspecified atom stereocenters.